The average Bonchev–Trinajstić information content (AvgIpc) is 2.85. The Hall–Kier alpha value is -0.910. The minimum atomic E-state index is -0.831. The molecular weight excluding hydrogens is 428 g/mol. The second kappa shape index (κ2) is 28.3. The van der Waals surface area contributed by atoms with Crippen molar-refractivity contribution in [3.8, 4) is 0 Å². The highest BCUT2D eigenvalue weighted by molar-refractivity contribution is 5.79. The Kier molecular flexibility index (Phi) is 29.4. The lowest BCUT2D eigenvalue weighted by Gasteiger charge is -2.24. The molecule has 4 N–H and O–H groups in total. The van der Waals surface area contributed by atoms with Gasteiger partial charge in [0.1, 0.15) is 0 Å². The summed E-state index contributed by atoms with van der Waals surface area (Å²) in [7, 11) is 0. The lowest BCUT2D eigenvalue weighted by molar-refractivity contribution is -0.131. The molecule has 34 heavy (non-hydrogen) atoms. The van der Waals surface area contributed by atoms with Gasteiger partial charge in [0.05, 0.1) is 19.8 Å². The average molecular weight is 487 g/mol. The maximum atomic E-state index is 10.3. The zero-order valence-electron chi connectivity index (χ0n) is 22.6. The monoisotopic (exact) mass is 486 g/mol. The summed E-state index contributed by atoms with van der Waals surface area (Å²) in [5, 5.41) is 34.4. The van der Waals surface area contributed by atoms with Crippen LogP contribution >= 0.6 is 0 Å². The molecule has 0 atom stereocenters. The molecule has 0 radical (unpaired) electrons. The van der Waals surface area contributed by atoms with E-state index in [1.54, 1.807) is 6.08 Å². The number of rotatable bonds is 24. The van der Waals surface area contributed by atoms with Crippen molar-refractivity contribution in [2.75, 3.05) is 19.8 Å². The van der Waals surface area contributed by atoms with Crippen LogP contribution in [-0.4, -0.2) is 46.2 Å². The summed E-state index contributed by atoms with van der Waals surface area (Å²) >= 11 is 0. The summed E-state index contributed by atoms with van der Waals surface area (Å²) in [5.74, 6) is -0.831. The van der Waals surface area contributed by atoms with Crippen LogP contribution in [0.25, 0.3) is 0 Å². The van der Waals surface area contributed by atoms with Crippen LogP contribution < -0.4 is 0 Å². The molecule has 0 saturated carbocycles. The van der Waals surface area contributed by atoms with Gasteiger partial charge in [-0.3, -0.25) is 0 Å². The lowest BCUT2D eigenvalue weighted by atomic mass is 9.88. The maximum absolute atomic E-state index is 10.3. The number of carboxylic acids is 1. The van der Waals surface area contributed by atoms with Gasteiger partial charge in [-0.05, 0) is 19.3 Å². The SMILES string of the molecule is CCC(CO)(CO)CO.CCCCCCCCCCCCCCCCCCCCC=CC(=O)O. The fraction of sp³-hybridized carbons (Fsp3) is 0.897. The lowest BCUT2D eigenvalue weighted by Crippen LogP contribution is -2.32. The van der Waals surface area contributed by atoms with Crippen molar-refractivity contribution in [3.63, 3.8) is 0 Å². The fourth-order valence-corrected chi connectivity index (χ4v) is 3.83. The molecular formula is C29H58O5. The van der Waals surface area contributed by atoms with E-state index in [0.29, 0.717) is 6.42 Å². The van der Waals surface area contributed by atoms with Crippen LogP contribution in [0.4, 0.5) is 0 Å². The van der Waals surface area contributed by atoms with Gasteiger partial charge in [-0.2, -0.15) is 0 Å². The highest BCUT2D eigenvalue weighted by Gasteiger charge is 2.24. The molecule has 0 bridgehead atoms. The van der Waals surface area contributed by atoms with Crippen LogP contribution in [0.2, 0.25) is 0 Å². The van der Waals surface area contributed by atoms with E-state index in [1.807, 2.05) is 6.92 Å². The van der Waals surface area contributed by atoms with Crippen molar-refractivity contribution in [2.24, 2.45) is 5.41 Å². The first-order valence-electron chi connectivity index (χ1n) is 14.2. The third-order valence-electron chi connectivity index (χ3n) is 6.74. The molecule has 0 aliphatic heterocycles. The van der Waals surface area contributed by atoms with Gasteiger partial charge in [0.15, 0.2) is 0 Å². The molecule has 0 heterocycles. The fourth-order valence-electron chi connectivity index (χ4n) is 3.83. The van der Waals surface area contributed by atoms with Crippen LogP contribution in [0.3, 0.4) is 0 Å². The van der Waals surface area contributed by atoms with Crippen molar-refractivity contribution < 1.29 is 25.2 Å². The molecule has 0 aromatic heterocycles. The first-order valence-corrected chi connectivity index (χ1v) is 14.2. The van der Waals surface area contributed by atoms with E-state index in [1.165, 1.54) is 115 Å². The smallest absolute Gasteiger partial charge is 0.327 e. The van der Waals surface area contributed by atoms with E-state index in [-0.39, 0.29) is 19.8 Å². The number of aliphatic hydroxyl groups excluding tert-OH is 3. The number of carboxylic acid groups (broad SMARTS) is 1. The highest BCUT2D eigenvalue weighted by Crippen LogP contribution is 2.18. The molecule has 0 spiro atoms. The first kappa shape index (κ1) is 35.3. The van der Waals surface area contributed by atoms with Gasteiger partial charge in [-0.25, -0.2) is 4.79 Å². The molecule has 0 aromatic rings. The molecule has 0 saturated heterocycles. The van der Waals surface area contributed by atoms with Crippen molar-refractivity contribution in [1.82, 2.24) is 0 Å². The van der Waals surface area contributed by atoms with E-state index in [2.05, 4.69) is 6.92 Å². The van der Waals surface area contributed by atoms with Gasteiger partial charge in [-0.1, -0.05) is 129 Å². The third-order valence-corrected chi connectivity index (χ3v) is 6.74. The van der Waals surface area contributed by atoms with Crippen LogP contribution in [0.1, 0.15) is 142 Å². The molecule has 0 unspecified atom stereocenters. The van der Waals surface area contributed by atoms with Gasteiger partial charge in [0.25, 0.3) is 0 Å². The Balaban J connectivity index is 0. The molecule has 0 amide bonds. The van der Waals surface area contributed by atoms with Gasteiger partial charge < -0.3 is 20.4 Å². The summed E-state index contributed by atoms with van der Waals surface area (Å²) in [5.41, 5.74) is -0.667. The standard InChI is InChI=1S/C23H44O2.C6H14O3/c1-2-3-4-5-6-7-8-9-10-11-12-13-14-15-16-17-18-19-20-21-22-23(24)25;1-2-6(3-7,4-8)5-9/h21-22H,2-20H2,1H3,(H,24,25);7-9H,2-5H2,1H3. The normalized spacial score (nSPS) is 11.6. The first-order chi connectivity index (χ1) is 16.5. The zero-order valence-corrected chi connectivity index (χ0v) is 22.6. The van der Waals surface area contributed by atoms with E-state index >= 15 is 0 Å². The Morgan fingerprint density at radius 3 is 1.15 bits per heavy atom. The maximum Gasteiger partial charge on any atom is 0.327 e. The third kappa shape index (κ3) is 25.7. The van der Waals surface area contributed by atoms with E-state index in [4.69, 9.17) is 20.4 Å². The number of hydrogen-bond donors (Lipinski definition) is 4. The van der Waals surface area contributed by atoms with Crippen molar-refractivity contribution in [1.29, 1.82) is 0 Å². The molecule has 204 valence electrons. The molecule has 5 nitrogen and oxygen atoms in total. The predicted octanol–water partition coefficient (Wildman–Crippen LogP) is 7.42. The summed E-state index contributed by atoms with van der Waals surface area (Å²) in [6.07, 6.45) is 29.5. The molecule has 0 rings (SSSR count). The topological polar surface area (TPSA) is 98.0 Å². The number of aliphatic carboxylic acids is 1. The Labute approximate surface area is 211 Å². The molecule has 0 aromatic carbocycles. The summed E-state index contributed by atoms with van der Waals surface area (Å²) in [6, 6.07) is 0. The summed E-state index contributed by atoms with van der Waals surface area (Å²) in [6.45, 7) is 3.64. The van der Waals surface area contributed by atoms with Crippen molar-refractivity contribution in [2.45, 2.75) is 142 Å². The second-order valence-corrected chi connectivity index (χ2v) is 9.87. The highest BCUT2D eigenvalue weighted by atomic mass is 16.4. The van der Waals surface area contributed by atoms with E-state index in [0.717, 1.165) is 12.8 Å². The van der Waals surface area contributed by atoms with Crippen molar-refractivity contribution >= 4 is 5.97 Å². The Morgan fingerprint density at radius 1 is 0.588 bits per heavy atom. The van der Waals surface area contributed by atoms with Gasteiger partial charge >= 0.3 is 5.97 Å². The minimum absolute atomic E-state index is 0.156. The number of aliphatic hydroxyl groups is 3. The minimum Gasteiger partial charge on any atom is -0.478 e. The Morgan fingerprint density at radius 2 is 0.912 bits per heavy atom. The van der Waals surface area contributed by atoms with Gasteiger partial charge in [-0.15, -0.1) is 0 Å². The van der Waals surface area contributed by atoms with Crippen LogP contribution in [0, 0.1) is 5.41 Å². The van der Waals surface area contributed by atoms with Gasteiger partial charge in [0.2, 0.25) is 0 Å². The number of allylic oxidation sites excluding steroid dienone is 1. The summed E-state index contributed by atoms with van der Waals surface area (Å²) in [4.78, 5) is 10.3. The number of carbonyl (C=O) groups is 1. The Bertz CT molecular complexity index is 415. The van der Waals surface area contributed by atoms with Crippen molar-refractivity contribution in [3.05, 3.63) is 12.2 Å². The van der Waals surface area contributed by atoms with Crippen LogP contribution in [0.5, 0.6) is 0 Å². The quantitative estimate of drug-likeness (QED) is 0.0840. The largest absolute Gasteiger partial charge is 0.478 e. The van der Waals surface area contributed by atoms with E-state index < -0.39 is 11.4 Å². The molecule has 0 aliphatic carbocycles. The molecule has 5 heteroatoms. The zero-order chi connectivity index (χ0) is 25.8. The summed E-state index contributed by atoms with van der Waals surface area (Å²) < 4.78 is 0. The molecule has 0 aliphatic rings. The predicted molar refractivity (Wildman–Crippen MR) is 144 cm³/mol. The second-order valence-electron chi connectivity index (χ2n) is 9.87. The number of unbranched alkanes of at least 4 members (excludes halogenated alkanes) is 18. The van der Waals surface area contributed by atoms with Gasteiger partial charge in [0, 0.05) is 11.5 Å². The van der Waals surface area contributed by atoms with E-state index in [9.17, 15) is 4.79 Å². The molecule has 0 fully saturated rings. The van der Waals surface area contributed by atoms with Crippen LogP contribution in [-0.2, 0) is 4.79 Å². The number of hydrogen-bond acceptors (Lipinski definition) is 4. The van der Waals surface area contributed by atoms with Crippen LogP contribution in [0.15, 0.2) is 12.2 Å².